The number of hydrogen-bond donors (Lipinski definition) is 1. The third kappa shape index (κ3) is 3.92. The van der Waals surface area contributed by atoms with Crippen molar-refractivity contribution in [3.63, 3.8) is 0 Å². The molecular weight excluding hydrogens is 631 g/mol. The Morgan fingerprint density at radius 3 is 2.53 bits per heavy atom. The number of benzene rings is 2. The van der Waals surface area contributed by atoms with Gasteiger partial charge >= 0.3 is 0 Å². The van der Waals surface area contributed by atoms with Crippen LogP contribution in [0.2, 0.25) is 0 Å². The van der Waals surface area contributed by atoms with Gasteiger partial charge in [0.15, 0.2) is 0 Å². The number of para-hydroxylation sites is 1. The first-order valence-electron chi connectivity index (χ1n) is 11.4. The van der Waals surface area contributed by atoms with E-state index in [9.17, 15) is 5.11 Å². The van der Waals surface area contributed by atoms with E-state index < -0.39 is 0 Å². The van der Waals surface area contributed by atoms with Crippen molar-refractivity contribution in [1.29, 1.82) is 0 Å². The quantitative estimate of drug-likeness (QED) is 0.217. The zero-order valence-corrected chi connectivity index (χ0v) is 22.5. The number of fused-ring (bicyclic) bond motifs is 4. The maximum absolute atomic E-state index is 10.2. The molecule has 0 spiro atoms. The van der Waals surface area contributed by atoms with Gasteiger partial charge in [-0.1, -0.05) is 36.8 Å². The Labute approximate surface area is 222 Å². The summed E-state index contributed by atoms with van der Waals surface area (Å²) in [5, 5.41) is 12.1. The molecule has 0 saturated heterocycles. The molecule has 4 aromatic heterocycles. The number of phenols is 1. The minimum atomic E-state index is 0. The van der Waals surface area contributed by atoms with Gasteiger partial charge in [-0.3, -0.25) is 0 Å². The summed E-state index contributed by atoms with van der Waals surface area (Å²) in [4.78, 5) is 14.2. The summed E-state index contributed by atoms with van der Waals surface area (Å²) < 4.78 is 8.24. The monoisotopic (exact) mass is 654 g/mol. The van der Waals surface area contributed by atoms with E-state index in [0.717, 1.165) is 49.8 Å². The molecule has 6 aromatic rings. The van der Waals surface area contributed by atoms with E-state index in [4.69, 9.17) is 14.7 Å². The van der Waals surface area contributed by atoms with E-state index in [0.29, 0.717) is 22.8 Å². The van der Waals surface area contributed by atoms with E-state index in [1.165, 1.54) is 0 Å². The number of rotatable bonds is 3. The second-order valence-corrected chi connectivity index (χ2v) is 8.93. The first-order chi connectivity index (χ1) is 16.9. The summed E-state index contributed by atoms with van der Waals surface area (Å²) in [5.41, 5.74) is 7.28. The van der Waals surface area contributed by atoms with Gasteiger partial charge in [-0.25, -0.2) is 9.97 Å². The van der Waals surface area contributed by atoms with E-state index in [1.807, 2.05) is 25.3 Å². The van der Waals surface area contributed by atoms with Crippen molar-refractivity contribution in [2.24, 2.45) is 0 Å². The Hall–Kier alpha value is -3.76. The van der Waals surface area contributed by atoms with E-state index in [1.54, 1.807) is 18.2 Å². The average molecular weight is 655 g/mol. The fourth-order valence-electron chi connectivity index (χ4n) is 4.38. The summed E-state index contributed by atoms with van der Waals surface area (Å²) in [6, 6.07) is 20.8. The van der Waals surface area contributed by atoms with Gasteiger partial charge < -0.3 is 19.4 Å². The van der Waals surface area contributed by atoms with Crippen LogP contribution in [-0.2, 0) is 21.1 Å². The standard InChI is InChI=1S/C29H23N4O2.Pt/c1-16-8-10-22-21(12-16)29-23(33(22)26-13-17(2)18(3)15-30-26)14-25(19(4)31-29)35-27-11-9-20-6-5-7-24(34)28(20)32-27;/h5-13,15,34H,1-4H3;/q-1;. The molecule has 0 bridgehead atoms. The largest absolute Gasteiger partial charge is 0.506 e. The third-order valence-corrected chi connectivity index (χ3v) is 6.40. The van der Waals surface area contributed by atoms with Crippen molar-refractivity contribution in [1.82, 2.24) is 19.5 Å². The minimum absolute atomic E-state index is 0. The molecule has 7 heteroatoms. The van der Waals surface area contributed by atoms with Crippen molar-refractivity contribution in [2.75, 3.05) is 0 Å². The SMILES string of the molecule is Cc1ccc2c(c1)c1nc(C)c(Oc3ccc4cccc(O)c4n3)[c-]c1n2-c1cc(C)c(C)cn1.[Pt]. The summed E-state index contributed by atoms with van der Waals surface area (Å²) in [7, 11) is 0. The van der Waals surface area contributed by atoms with E-state index in [2.05, 4.69) is 60.7 Å². The molecule has 0 amide bonds. The van der Waals surface area contributed by atoms with Crippen molar-refractivity contribution in [3.8, 4) is 23.2 Å². The number of aromatic nitrogens is 4. The molecule has 0 aliphatic rings. The maximum atomic E-state index is 10.2. The van der Waals surface area contributed by atoms with Gasteiger partial charge in [-0.2, -0.15) is 0 Å². The fourth-order valence-corrected chi connectivity index (χ4v) is 4.38. The average Bonchev–Trinajstić information content (AvgIpc) is 3.14. The predicted octanol–water partition coefficient (Wildman–Crippen LogP) is 6.65. The molecule has 0 aliphatic heterocycles. The van der Waals surface area contributed by atoms with Crippen LogP contribution in [0.5, 0.6) is 17.4 Å². The Morgan fingerprint density at radius 1 is 0.889 bits per heavy atom. The molecule has 2 aromatic carbocycles. The number of ether oxygens (including phenoxy) is 1. The van der Waals surface area contributed by atoms with Gasteiger partial charge in [-0.15, -0.1) is 6.07 Å². The number of hydrogen-bond acceptors (Lipinski definition) is 5. The van der Waals surface area contributed by atoms with Crippen molar-refractivity contribution < 1.29 is 30.9 Å². The Morgan fingerprint density at radius 2 is 1.72 bits per heavy atom. The fraction of sp³-hybridized carbons (Fsp3) is 0.138. The Bertz CT molecular complexity index is 1790. The van der Waals surface area contributed by atoms with E-state index in [-0.39, 0.29) is 26.8 Å². The van der Waals surface area contributed by atoms with Crippen LogP contribution in [-0.4, -0.2) is 24.6 Å². The molecule has 0 atom stereocenters. The zero-order chi connectivity index (χ0) is 24.3. The smallest absolute Gasteiger partial charge is 0.217 e. The number of pyridine rings is 3. The maximum Gasteiger partial charge on any atom is 0.217 e. The van der Waals surface area contributed by atoms with Crippen molar-refractivity contribution >= 4 is 32.8 Å². The molecule has 0 aliphatic carbocycles. The summed E-state index contributed by atoms with van der Waals surface area (Å²) in [6.07, 6.45) is 1.89. The van der Waals surface area contributed by atoms with Crippen LogP contribution in [0.15, 0.2) is 60.8 Å². The molecule has 1 N–H and O–H groups in total. The second kappa shape index (κ2) is 9.03. The molecule has 36 heavy (non-hydrogen) atoms. The van der Waals surface area contributed by atoms with Gasteiger partial charge in [0.05, 0.1) is 0 Å². The second-order valence-electron chi connectivity index (χ2n) is 8.93. The normalized spacial score (nSPS) is 11.2. The molecule has 4 heterocycles. The van der Waals surface area contributed by atoms with Crippen LogP contribution in [0, 0.1) is 33.8 Å². The van der Waals surface area contributed by atoms with Gasteiger partial charge in [0.2, 0.25) is 5.88 Å². The first kappa shape index (κ1) is 24.0. The molecule has 6 nitrogen and oxygen atoms in total. The van der Waals surface area contributed by atoms with Crippen LogP contribution in [0.3, 0.4) is 0 Å². The molecule has 0 radical (unpaired) electrons. The summed E-state index contributed by atoms with van der Waals surface area (Å²) in [6.45, 7) is 8.11. The topological polar surface area (TPSA) is 73.1 Å². The number of phenolic OH excluding ortho intramolecular Hbond substituents is 1. The predicted molar refractivity (Wildman–Crippen MR) is 138 cm³/mol. The summed E-state index contributed by atoms with van der Waals surface area (Å²) in [5.74, 6) is 1.75. The van der Waals surface area contributed by atoms with Crippen molar-refractivity contribution in [2.45, 2.75) is 27.7 Å². The van der Waals surface area contributed by atoms with Crippen LogP contribution in [0.1, 0.15) is 22.4 Å². The van der Waals surface area contributed by atoms with Gasteiger partial charge in [0.1, 0.15) is 17.1 Å². The molecule has 0 saturated carbocycles. The zero-order valence-electron chi connectivity index (χ0n) is 20.2. The molecule has 0 unspecified atom stereocenters. The van der Waals surface area contributed by atoms with Crippen LogP contribution < -0.4 is 4.74 Å². The number of nitrogens with zero attached hydrogens (tertiary/aromatic N) is 4. The molecule has 0 fully saturated rings. The van der Waals surface area contributed by atoms with Gasteiger partial charge in [0, 0.05) is 50.0 Å². The first-order valence-corrected chi connectivity index (χ1v) is 11.4. The molecular formula is C29H23N4O2Pt-. The molecule has 182 valence electrons. The Kier molecular flexibility index (Phi) is 6.01. The minimum Gasteiger partial charge on any atom is -0.506 e. The van der Waals surface area contributed by atoms with Gasteiger partial charge in [-0.05, 0) is 78.3 Å². The van der Waals surface area contributed by atoms with E-state index >= 15 is 0 Å². The Balaban J connectivity index is 0.00000267. The summed E-state index contributed by atoms with van der Waals surface area (Å²) >= 11 is 0. The van der Waals surface area contributed by atoms with Gasteiger partial charge in [0.25, 0.3) is 0 Å². The van der Waals surface area contributed by atoms with Crippen LogP contribution in [0.4, 0.5) is 0 Å². The number of aryl methyl sites for hydroxylation is 4. The third-order valence-electron chi connectivity index (χ3n) is 6.40. The molecule has 6 rings (SSSR count). The van der Waals surface area contributed by atoms with Crippen LogP contribution >= 0.6 is 0 Å². The van der Waals surface area contributed by atoms with Crippen molar-refractivity contribution in [3.05, 3.63) is 89.2 Å². The van der Waals surface area contributed by atoms with Crippen LogP contribution in [0.25, 0.3) is 38.7 Å². The number of aromatic hydroxyl groups is 1.